The number of fused-ring (bicyclic) bond motifs is 4. The smallest absolute Gasteiger partial charge is 0.319 e. The molecule has 3 saturated heterocycles. The van der Waals surface area contributed by atoms with E-state index in [1.807, 2.05) is 4.90 Å². The summed E-state index contributed by atoms with van der Waals surface area (Å²) in [6.45, 7) is 1.05. The lowest BCUT2D eigenvalue weighted by molar-refractivity contribution is 0.0681. The number of nitrogens with zero attached hydrogens (tertiary/aromatic N) is 5. The number of hydrogen-bond acceptors (Lipinski definition) is 8. The summed E-state index contributed by atoms with van der Waals surface area (Å²) in [6, 6.07) is 2.85. The van der Waals surface area contributed by atoms with E-state index in [1.165, 1.54) is 0 Å². The van der Waals surface area contributed by atoms with Crippen molar-refractivity contribution >= 4 is 49.7 Å². The fourth-order valence-electron chi connectivity index (χ4n) is 8.28. The van der Waals surface area contributed by atoms with E-state index in [9.17, 15) is 27.2 Å². The standard InChI is InChI=1S/C33H27ClF7N5O2S/c34-23-21(16-2-3-18(36)28-20(16)17(11-42)27(49-28)30(40)41)24(37)25-22-26(23)47-9-5-19-15(29(38)39)4-8-46(19)31(22)44-32(43-25)48-13-33-6-1-7-45(33)12-14(35)10-33/h2-3,14-15,19,29-30H,1,4-10,12-13H2/t14-,15?,19?,33+/m1/s1. The molecule has 4 atom stereocenters. The van der Waals surface area contributed by atoms with Crippen LogP contribution in [0.4, 0.5) is 36.6 Å². The van der Waals surface area contributed by atoms with Crippen molar-refractivity contribution in [2.24, 2.45) is 5.92 Å². The molecule has 0 bridgehead atoms. The number of aromatic nitrogens is 2. The summed E-state index contributed by atoms with van der Waals surface area (Å²) in [4.78, 5) is 12.0. The summed E-state index contributed by atoms with van der Waals surface area (Å²) in [5.74, 6) is -2.96. The Bertz CT molecular complexity index is 2040. The fourth-order valence-corrected chi connectivity index (χ4v) is 9.65. The van der Waals surface area contributed by atoms with E-state index in [-0.39, 0.29) is 100 Å². The third-order valence-electron chi connectivity index (χ3n) is 10.4. The zero-order chi connectivity index (χ0) is 34.4. The molecule has 2 aromatic heterocycles. The van der Waals surface area contributed by atoms with Crippen LogP contribution in [0.15, 0.2) is 12.1 Å². The number of halogens is 8. The van der Waals surface area contributed by atoms with E-state index in [1.54, 1.807) is 11.0 Å². The third kappa shape index (κ3) is 4.99. The Kier molecular flexibility index (Phi) is 7.99. The first-order valence-electron chi connectivity index (χ1n) is 15.9. The molecule has 0 spiro atoms. The number of hydrogen-bond donors (Lipinski definition) is 0. The third-order valence-corrected chi connectivity index (χ3v) is 12.0. The first-order chi connectivity index (χ1) is 23.5. The molecule has 0 amide bonds. The molecule has 7 nitrogen and oxygen atoms in total. The van der Waals surface area contributed by atoms with Crippen molar-refractivity contribution in [3.63, 3.8) is 0 Å². The molecule has 258 valence electrons. The lowest BCUT2D eigenvalue weighted by atomic mass is 9.95. The summed E-state index contributed by atoms with van der Waals surface area (Å²) in [7, 11) is 0. The minimum Gasteiger partial charge on any atom is -0.491 e. The molecule has 0 N–H and O–H groups in total. The van der Waals surface area contributed by atoms with E-state index in [0.29, 0.717) is 24.3 Å². The quantitative estimate of drug-likeness (QED) is 0.185. The maximum atomic E-state index is 17.1. The Balaban J connectivity index is 1.36. The average Bonchev–Trinajstić information content (AvgIpc) is 3.82. The number of benzene rings is 2. The summed E-state index contributed by atoms with van der Waals surface area (Å²) < 4.78 is 115. The van der Waals surface area contributed by atoms with Gasteiger partial charge in [0.2, 0.25) is 6.43 Å². The van der Waals surface area contributed by atoms with Gasteiger partial charge in [0.1, 0.15) is 36.0 Å². The van der Waals surface area contributed by atoms with Crippen LogP contribution < -0.4 is 14.4 Å². The van der Waals surface area contributed by atoms with Crippen molar-refractivity contribution in [2.45, 2.75) is 62.7 Å². The second kappa shape index (κ2) is 12.0. The first-order valence-corrected chi connectivity index (χ1v) is 17.1. The van der Waals surface area contributed by atoms with Crippen LogP contribution in [0.3, 0.4) is 0 Å². The van der Waals surface area contributed by atoms with Gasteiger partial charge in [0, 0.05) is 48.8 Å². The number of ether oxygens (including phenoxy) is 2. The molecular formula is C33H27ClF7N5O2S. The molecule has 3 fully saturated rings. The second-order valence-corrected chi connectivity index (χ2v) is 14.4. The number of nitriles is 1. The summed E-state index contributed by atoms with van der Waals surface area (Å²) in [5.41, 5.74) is -1.99. The first kappa shape index (κ1) is 32.6. The van der Waals surface area contributed by atoms with Gasteiger partial charge < -0.3 is 14.4 Å². The molecule has 16 heteroatoms. The Hall–Kier alpha value is -3.61. The summed E-state index contributed by atoms with van der Waals surface area (Å²) >= 11 is 7.28. The van der Waals surface area contributed by atoms with Crippen LogP contribution in [-0.2, 0) is 0 Å². The van der Waals surface area contributed by atoms with Crippen molar-refractivity contribution in [3.8, 4) is 29.0 Å². The van der Waals surface area contributed by atoms with Gasteiger partial charge in [-0.25, -0.2) is 30.7 Å². The predicted molar refractivity (Wildman–Crippen MR) is 169 cm³/mol. The van der Waals surface area contributed by atoms with Gasteiger partial charge in [0.15, 0.2) is 11.6 Å². The van der Waals surface area contributed by atoms with Crippen molar-refractivity contribution in [1.29, 1.82) is 5.26 Å². The predicted octanol–water partition coefficient (Wildman–Crippen LogP) is 8.45. The highest BCUT2D eigenvalue weighted by Gasteiger charge is 2.50. The highest BCUT2D eigenvalue weighted by molar-refractivity contribution is 7.19. The van der Waals surface area contributed by atoms with Gasteiger partial charge in [-0.1, -0.05) is 17.7 Å². The van der Waals surface area contributed by atoms with Crippen LogP contribution >= 0.6 is 22.9 Å². The Morgan fingerprint density at radius 1 is 1.14 bits per heavy atom. The van der Waals surface area contributed by atoms with E-state index in [0.717, 1.165) is 18.6 Å². The van der Waals surface area contributed by atoms with E-state index in [2.05, 4.69) is 9.97 Å². The van der Waals surface area contributed by atoms with Gasteiger partial charge in [-0.2, -0.15) is 15.2 Å². The van der Waals surface area contributed by atoms with Crippen LogP contribution in [0.1, 0.15) is 49.0 Å². The van der Waals surface area contributed by atoms with Crippen molar-refractivity contribution in [1.82, 2.24) is 14.9 Å². The molecule has 2 aromatic carbocycles. The Labute approximate surface area is 284 Å². The molecule has 2 unspecified atom stereocenters. The molecule has 6 heterocycles. The molecule has 0 saturated carbocycles. The lowest BCUT2D eigenvalue weighted by Crippen LogP contribution is -2.43. The average molecular weight is 726 g/mol. The van der Waals surface area contributed by atoms with Crippen molar-refractivity contribution in [2.75, 3.05) is 37.7 Å². The highest BCUT2D eigenvalue weighted by Crippen LogP contribution is 2.52. The van der Waals surface area contributed by atoms with Crippen LogP contribution in [0.25, 0.3) is 32.1 Å². The zero-order valence-electron chi connectivity index (χ0n) is 25.6. The summed E-state index contributed by atoms with van der Waals surface area (Å²) in [5, 5.41) is 9.33. The lowest BCUT2D eigenvalue weighted by Gasteiger charge is -2.33. The summed E-state index contributed by atoms with van der Waals surface area (Å²) in [6.07, 6.45) is -4.73. The fraction of sp³-hybridized carbons (Fsp3) is 0.485. The number of anilines is 1. The number of alkyl halides is 5. The van der Waals surface area contributed by atoms with Crippen LogP contribution in [-0.4, -0.2) is 71.9 Å². The topological polar surface area (TPSA) is 74.5 Å². The van der Waals surface area contributed by atoms with Gasteiger partial charge in [-0.3, -0.25) is 4.90 Å². The number of rotatable bonds is 6. The second-order valence-electron chi connectivity index (χ2n) is 13.0. The molecule has 0 radical (unpaired) electrons. The van der Waals surface area contributed by atoms with Crippen LogP contribution in [0.5, 0.6) is 11.8 Å². The Morgan fingerprint density at radius 2 is 1.96 bits per heavy atom. The van der Waals surface area contributed by atoms with Gasteiger partial charge >= 0.3 is 6.01 Å². The van der Waals surface area contributed by atoms with Crippen molar-refractivity contribution in [3.05, 3.63) is 39.2 Å². The van der Waals surface area contributed by atoms with Gasteiger partial charge in [0.05, 0.1) is 37.7 Å². The Morgan fingerprint density at radius 3 is 2.71 bits per heavy atom. The van der Waals surface area contributed by atoms with E-state index >= 15 is 8.78 Å². The normalized spacial score (nSPS) is 25.2. The SMILES string of the molecule is N#Cc1c(C(F)F)sc2c(F)ccc(-c3c(Cl)c4c5c(nc(OC[C@@]67CCCN6C[C@H](F)C7)nc5c3F)N3CCC(C(F)F)C3CCO4)c12. The number of thiophene rings is 1. The minimum absolute atomic E-state index is 0.000936. The maximum Gasteiger partial charge on any atom is 0.319 e. The maximum absolute atomic E-state index is 17.1. The molecule has 8 rings (SSSR count). The largest absolute Gasteiger partial charge is 0.491 e. The van der Waals surface area contributed by atoms with E-state index < -0.39 is 58.6 Å². The highest BCUT2D eigenvalue weighted by atomic mass is 35.5. The molecule has 0 aliphatic carbocycles. The molecule has 49 heavy (non-hydrogen) atoms. The van der Waals surface area contributed by atoms with Gasteiger partial charge in [-0.05, 0) is 37.4 Å². The minimum atomic E-state index is -3.10. The van der Waals surface area contributed by atoms with Crippen LogP contribution in [0, 0.1) is 28.9 Å². The molecule has 4 aliphatic rings. The van der Waals surface area contributed by atoms with E-state index in [4.69, 9.17) is 21.1 Å². The molecule has 4 aliphatic heterocycles. The van der Waals surface area contributed by atoms with Crippen LogP contribution in [0.2, 0.25) is 5.02 Å². The zero-order valence-corrected chi connectivity index (χ0v) is 27.2. The van der Waals surface area contributed by atoms with Gasteiger partial charge in [0.25, 0.3) is 6.43 Å². The van der Waals surface area contributed by atoms with Crippen molar-refractivity contribution < 1.29 is 40.2 Å². The molecular weight excluding hydrogens is 699 g/mol. The van der Waals surface area contributed by atoms with Gasteiger partial charge in [-0.15, -0.1) is 11.3 Å². The monoisotopic (exact) mass is 725 g/mol. The molecule has 4 aromatic rings.